The highest BCUT2D eigenvalue weighted by molar-refractivity contribution is 5.49. The molecular formula is C13H19N5. The summed E-state index contributed by atoms with van der Waals surface area (Å²) in [5.74, 6) is 0.696. The molecule has 0 radical (unpaired) electrons. The van der Waals surface area contributed by atoms with Crippen LogP contribution in [0, 0.1) is 13.8 Å². The van der Waals surface area contributed by atoms with Crippen LogP contribution < -0.4 is 5.73 Å². The molecular weight excluding hydrogens is 226 g/mol. The number of hydrogen-bond donors (Lipinski definition) is 1. The molecule has 0 saturated heterocycles. The molecule has 5 nitrogen and oxygen atoms in total. The van der Waals surface area contributed by atoms with E-state index < -0.39 is 0 Å². The lowest BCUT2D eigenvalue weighted by Crippen LogP contribution is -2.06. The zero-order valence-electron chi connectivity index (χ0n) is 11.1. The largest absolute Gasteiger partial charge is 0.330 e. The summed E-state index contributed by atoms with van der Waals surface area (Å²) in [7, 11) is 1.89. The highest BCUT2D eigenvalue weighted by Crippen LogP contribution is 2.18. The molecule has 0 fully saturated rings. The fourth-order valence-corrected chi connectivity index (χ4v) is 2.03. The first kappa shape index (κ1) is 12.7. The van der Waals surface area contributed by atoms with E-state index in [1.54, 1.807) is 4.68 Å². The first-order valence-corrected chi connectivity index (χ1v) is 6.16. The Kier molecular flexibility index (Phi) is 3.72. The standard InChI is InChI=1S/C13H19N5/c1-9-11(5-4-7-14)10(2)16-13(15-9)12-6-8-18(3)17-12/h6,8H,4-5,7,14H2,1-3H3. The van der Waals surface area contributed by atoms with Gasteiger partial charge in [-0.15, -0.1) is 0 Å². The summed E-state index contributed by atoms with van der Waals surface area (Å²) in [5, 5.41) is 4.33. The van der Waals surface area contributed by atoms with Crippen LogP contribution in [0.3, 0.4) is 0 Å². The third-order valence-corrected chi connectivity index (χ3v) is 2.99. The minimum Gasteiger partial charge on any atom is -0.330 e. The average molecular weight is 245 g/mol. The Balaban J connectivity index is 2.36. The molecule has 0 atom stereocenters. The molecule has 2 aromatic rings. The summed E-state index contributed by atoms with van der Waals surface area (Å²) in [6.07, 6.45) is 3.80. The Morgan fingerprint density at radius 1 is 1.22 bits per heavy atom. The van der Waals surface area contributed by atoms with Crippen LogP contribution in [-0.2, 0) is 13.5 Å². The molecule has 5 heteroatoms. The summed E-state index contributed by atoms with van der Waals surface area (Å²) in [4.78, 5) is 9.09. The Hall–Kier alpha value is -1.75. The van der Waals surface area contributed by atoms with Crippen molar-refractivity contribution >= 4 is 0 Å². The Morgan fingerprint density at radius 2 is 1.89 bits per heavy atom. The van der Waals surface area contributed by atoms with E-state index in [0.717, 1.165) is 29.9 Å². The summed E-state index contributed by atoms with van der Waals surface area (Å²) in [6, 6.07) is 1.92. The summed E-state index contributed by atoms with van der Waals surface area (Å²) in [5.41, 5.74) is 9.62. The van der Waals surface area contributed by atoms with Crippen LogP contribution in [0.2, 0.25) is 0 Å². The molecule has 0 aliphatic carbocycles. The molecule has 96 valence electrons. The van der Waals surface area contributed by atoms with Gasteiger partial charge in [0.05, 0.1) is 0 Å². The van der Waals surface area contributed by atoms with E-state index in [1.165, 1.54) is 5.56 Å². The number of aryl methyl sites for hydroxylation is 3. The Labute approximate surface area is 107 Å². The smallest absolute Gasteiger partial charge is 0.180 e. The molecule has 2 aromatic heterocycles. The van der Waals surface area contributed by atoms with Crippen LogP contribution in [0.15, 0.2) is 12.3 Å². The van der Waals surface area contributed by atoms with Gasteiger partial charge in [-0.05, 0) is 44.9 Å². The summed E-state index contributed by atoms with van der Waals surface area (Å²) in [6.45, 7) is 4.74. The van der Waals surface area contributed by atoms with Crippen molar-refractivity contribution in [2.45, 2.75) is 26.7 Å². The van der Waals surface area contributed by atoms with Gasteiger partial charge >= 0.3 is 0 Å². The normalized spacial score (nSPS) is 10.9. The molecule has 0 bridgehead atoms. The third kappa shape index (κ3) is 2.56. The maximum absolute atomic E-state index is 5.55. The van der Waals surface area contributed by atoms with E-state index in [2.05, 4.69) is 15.1 Å². The van der Waals surface area contributed by atoms with Crippen LogP contribution in [0.5, 0.6) is 0 Å². The number of nitrogens with two attached hydrogens (primary N) is 1. The number of hydrogen-bond acceptors (Lipinski definition) is 4. The van der Waals surface area contributed by atoms with Gasteiger partial charge in [0, 0.05) is 24.6 Å². The molecule has 0 spiro atoms. The van der Waals surface area contributed by atoms with Gasteiger partial charge in [-0.3, -0.25) is 4.68 Å². The van der Waals surface area contributed by atoms with E-state index >= 15 is 0 Å². The molecule has 0 aromatic carbocycles. The molecule has 18 heavy (non-hydrogen) atoms. The van der Waals surface area contributed by atoms with Gasteiger partial charge in [0.25, 0.3) is 0 Å². The van der Waals surface area contributed by atoms with Gasteiger partial charge in [-0.1, -0.05) is 0 Å². The zero-order chi connectivity index (χ0) is 13.1. The zero-order valence-corrected chi connectivity index (χ0v) is 11.1. The van der Waals surface area contributed by atoms with E-state index in [-0.39, 0.29) is 0 Å². The maximum atomic E-state index is 5.55. The Bertz CT molecular complexity index is 521. The first-order valence-electron chi connectivity index (χ1n) is 6.16. The highest BCUT2D eigenvalue weighted by atomic mass is 15.3. The minimum absolute atomic E-state index is 0.695. The Morgan fingerprint density at radius 3 is 2.39 bits per heavy atom. The van der Waals surface area contributed by atoms with Crippen molar-refractivity contribution in [3.05, 3.63) is 29.2 Å². The molecule has 0 unspecified atom stereocenters. The SMILES string of the molecule is Cc1nc(-c2ccn(C)n2)nc(C)c1CCCN. The lowest BCUT2D eigenvalue weighted by atomic mass is 10.1. The van der Waals surface area contributed by atoms with Gasteiger partial charge in [-0.2, -0.15) is 5.10 Å². The molecule has 0 saturated carbocycles. The summed E-state index contributed by atoms with van der Waals surface area (Å²) >= 11 is 0. The van der Waals surface area contributed by atoms with Crippen molar-refractivity contribution in [2.75, 3.05) is 6.54 Å². The van der Waals surface area contributed by atoms with Crippen molar-refractivity contribution in [3.63, 3.8) is 0 Å². The quantitative estimate of drug-likeness (QED) is 0.883. The maximum Gasteiger partial charge on any atom is 0.180 e. The molecule has 0 amide bonds. The van der Waals surface area contributed by atoms with Crippen LogP contribution in [0.4, 0.5) is 0 Å². The van der Waals surface area contributed by atoms with Gasteiger partial charge < -0.3 is 5.73 Å². The fourth-order valence-electron chi connectivity index (χ4n) is 2.03. The molecule has 2 heterocycles. The third-order valence-electron chi connectivity index (χ3n) is 2.99. The second kappa shape index (κ2) is 5.27. The van der Waals surface area contributed by atoms with E-state index in [9.17, 15) is 0 Å². The molecule has 0 aliphatic rings. The van der Waals surface area contributed by atoms with Crippen molar-refractivity contribution < 1.29 is 0 Å². The highest BCUT2D eigenvalue weighted by Gasteiger charge is 2.11. The lowest BCUT2D eigenvalue weighted by molar-refractivity contribution is 0.766. The van der Waals surface area contributed by atoms with Crippen molar-refractivity contribution in [1.29, 1.82) is 0 Å². The topological polar surface area (TPSA) is 69.6 Å². The van der Waals surface area contributed by atoms with Crippen LogP contribution in [0.25, 0.3) is 11.5 Å². The van der Waals surface area contributed by atoms with Crippen molar-refractivity contribution in [3.8, 4) is 11.5 Å². The molecule has 2 N–H and O–H groups in total. The predicted molar refractivity (Wildman–Crippen MR) is 71.1 cm³/mol. The van der Waals surface area contributed by atoms with Gasteiger partial charge in [0.1, 0.15) is 5.69 Å². The summed E-state index contributed by atoms with van der Waals surface area (Å²) < 4.78 is 1.76. The van der Waals surface area contributed by atoms with Crippen LogP contribution in [0.1, 0.15) is 23.4 Å². The minimum atomic E-state index is 0.695. The number of rotatable bonds is 4. The lowest BCUT2D eigenvalue weighted by Gasteiger charge is -2.09. The monoisotopic (exact) mass is 245 g/mol. The number of nitrogens with zero attached hydrogens (tertiary/aromatic N) is 4. The first-order chi connectivity index (χ1) is 8.61. The second-order valence-corrected chi connectivity index (χ2v) is 4.46. The molecule has 2 rings (SSSR count). The van der Waals surface area contributed by atoms with Gasteiger partial charge in [0.2, 0.25) is 0 Å². The van der Waals surface area contributed by atoms with E-state index in [0.29, 0.717) is 12.4 Å². The second-order valence-electron chi connectivity index (χ2n) is 4.46. The molecule has 0 aliphatic heterocycles. The van der Waals surface area contributed by atoms with E-state index in [4.69, 9.17) is 5.73 Å². The van der Waals surface area contributed by atoms with Crippen molar-refractivity contribution in [2.24, 2.45) is 12.8 Å². The van der Waals surface area contributed by atoms with Gasteiger partial charge in [0.15, 0.2) is 5.82 Å². The fraction of sp³-hybridized carbons (Fsp3) is 0.462. The van der Waals surface area contributed by atoms with E-state index in [1.807, 2.05) is 33.2 Å². The number of aromatic nitrogens is 4. The predicted octanol–water partition coefficient (Wildman–Crippen LogP) is 1.39. The van der Waals surface area contributed by atoms with Crippen LogP contribution >= 0.6 is 0 Å². The van der Waals surface area contributed by atoms with Gasteiger partial charge in [-0.25, -0.2) is 9.97 Å². The van der Waals surface area contributed by atoms with Crippen LogP contribution in [-0.4, -0.2) is 26.3 Å². The van der Waals surface area contributed by atoms with Crippen molar-refractivity contribution in [1.82, 2.24) is 19.7 Å². The average Bonchev–Trinajstić information content (AvgIpc) is 2.75.